The Hall–Kier alpha value is -1.09. The van der Waals surface area contributed by atoms with E-state index in [0.717, 1.165) is 37.1 Å². The van der Waals surface area contributed by atoms with Crippen LogP contribution in [0.15, 0.2) is 18.2 Å². The molecule has 1 aliphatic rings. The van der Waals surface area contributed by atoms with Crippen molar-refractivity contribution < 1.29 is 0 Å². The maximum atomic E-state index is 4.81. The van der Waals surface area contributed by atoms with E-state index in [1.807, 2.05) is 0 Å². The van der Waals surface area contributed by atoms with Gasteiger partial charge in [-0.25, -0.2) is 4.98 Å². The van der Waals surface area contributed by atoms with E-state index in [1.54, 1.807) is 0 Å². The summed E-state index contributed by atoms with van der Waals surface area (Å²) >= 11 is 0. The highest BCUT2D eigenvalue weighted by Gasteiger charge is 2.23. The minimum atomic E-state index is 0.607. The molecular weight excluding hydrogens is 234 g/mol. The molecule has 0 aliphatic carbocycles. The van der Waals surface area contributed by atoms with Gasteiger partial charge < -0.3 is 10.2 Å². The van der Waals surface area contributed by atoms with Crippen LogP contribution in [0.4, 0.5) is 5.82 Å². The monoisotopic (exact) mass is 261 g/mol. The number of rotatable bonds is 5. The van der Waals surface area contributed by atoms with E-state index in [0.29, 0.717) is 6.04 Å². The summed E-state index contributed by atoms with van der Waals surface area (Å²) in [6.07, 6.45) is 3.73. The predicted molar refractivity (Wildman–Crippen MR) is 81.4 cm³/mol. The Bertz CT molecular complexity index is 391. The largest absolute Gasteiger partial charge is 0.354 e. The van der Waals surface area contributed by atoms with Crippen molar-refractivity contribution >= 4 is 5.82 Å². The molecule has 1 saturated heterocycles. The standard InChI is InChI=1S/C16H27N3/c1-4-9-17-12-15-6-5-7-16(18-15)19-10-8-13(2)11-14(19)3/h5-7,13-14,17H,4,8-12H2,1-3H3. The third-order valence-electron chi connectivity index (χ3n) is 3.96. The maximum absolute atomic E-state index is 4.81. The minimum Gasteiger partial charge on any atom is -0.354 e. The van der Waals surface area contributed by atoms with E-state index in [2.05, 4.69) is 49.2 Å². The SMILES string of the molecule is CCCNCc1cccc(N2CCC(C)CC2C)n1. The lowest BCUT2D eigenvalue weighted by Crippen LogP contribution is -2.40. The van der Waals surface area contributed by atoms with E-state index >= 15 is 0 Å². The molecule has 2 heterocycles. The Labute approximate surface area is 117 Å². The molecule has 0 aromatic carbocycles. The molecule has 1 N–H and O–H groups in total. The smallest absolute Gasteiger partial charge is 0.129 e. The van der Waals surface area contributed by atoms with Crippen molar-refractivity contribution in [1.29, 1.82) is 0 Å². The first-order valence-electron chi connectivity index (χ1n) is 7.64. The van der Waals surface area contributed by atoms with Gasteiger partial charge in [0.1, 0.15) is 5.82 Å². The van der Waals surface area contributed by atoms with E-state index in [9.17, 15) is 0 Å². The Morgan fingerprint density at radius 3 is 2.95 bits per heavy atom. The Balaban J connectivity index is 2.01. The highest BCUT2D eigenvalue weighted by Crippen LogP contribution is 2.26. The second-order valence-corrected chi connectivity index (χ2v) is 5.84. The van der Waals surface area contributed by atoms with Crippen molar-refractivity contribution in [3.05, 3.63) is 23.9 Å². The normalized spacial score (nSPS) is 23.6. The fourth-order valence-electron chi connectivity index (χ4n) is 2.87. The van der Waals surface area contributed by atoms with Crippen LogP contribution in [-0.4, -0.2) is 24.1 Å². The Morgan fingerprint density at radius 1 is 1.37 bits per heavy atom. The highest BCUT2D eigenvalue weighted by molar-refractivity contribution is 5.41. The van der Waals surface area contributed by atoms with Crippen LogP contribution in [0.1, 0.15) is 45.7 Å². The second-order valence-electron chi connectivity index (χ2n) is 5.84. The summed E-state index contributed by atoms with van der Waals surface area (Å²) in [6.45, 7) is 9.93. The summed E-state index contributed by atoms with van der Waals surface area (Å²) in [5.74, 6) is 2.00. The van der Waals surface area contributed by atoms with Gasteiger partial charge in [-0.3, -0.25) is 0 Å². The number of aromatic nitrogens is 1. The first-order chi connectivity index (χ1) is 9.20. The van der Waals surface area contributed by atoms with Crippen LogP contribution < -0.4 is 10.2 Å². The molecule has 2 unspecified atom stereocenters. The number of nitrogens with zero attached hydrogens (tertiary/aromatic N) is 2. The van der Waals surface area contributed by atoms with Gasteiger partial charge >= 0.3 is 0 Å². The van der Waals surface area contributed by atoms with Crippen molar-refractivity contribution in [2.24, 2.45) is 5.92 Å². The molecule has 0 saturated carbocycles. The second kappa shape index (κ2) is 6.90. The molecule has 1 fully saturated rings. The number of nitrogens with one attached hydrogen (secondary N) is 1. The third kappa shape index (κ3) is 3.93. The molecule has 1 aliphatic heterocycles. The van der Waals surface area contributed by atoms with Gasteiger partial charge in [-0.15, -0.1) is 0 Å². The van der Waals surface area contributed by atoms with Crippen LogP contribution in [0, 0.1) is 5.92 Å². The topological polar surface area (TPSA) is 28.2 Å². The summed E-state index contributed by atoms with van der Waals surface area (Å²) in [4.78, 5) is 7.27. The number of pyridine rings is 1. The summed E-state index contributed by atoms with van der Waals surface area (Å²) in [5.41, 5.74) is 1.15. The van der Waals surface area contributed by atoms with Gasteiger partial charge in [0.2, 0.25) is 0 Å². The highest BCUT2D eigenvalue weighted by atomic mass is 15.2. The fourth-order valence-corrected chi connectivity index (χ4v) is 2.87. The molecule has 0 amide bonds. The third-order valence-corrected chi connectivity index (χ3v) is 3.96. The first-order valence-corrected chi connectivity index (χ1v) is 7.64. The molecule has 0 bridgehead atoms. The Kier molecular flexibility index (Phi) is 5.20. The van der Waals surface area contributed by atoms with Crippen molar-refractivity contribution in [3.63, 3.8) is 0 Å². The zero-order chi connectivity index (χ0) is 13.7. The molecule has 2 atom stereocenters. The molecule has 3 heteroatoms. The maximum Gasteiger partial charge on any atom is 0.129 e. The van der Waals surface area contributed by atoms with Crippen LogP contribution in [0.25, 0.3) is 0 Å². The molecule has 0 spiro atoms. The molecule has 19 heavy (non-hydrogen) atoms. The van der Waals surface area contributed by atoms with E-state index in [-0.39, 0.29) is 0 Å². The molecule has 3 nitrogen and oxygen atoms in total. The average molecular weight is 261 g/mol. The van der Waals surface area contributed by atoms with E-state index in [4.69, 9.17) is 4.98 Å². The first kappa shape index (κ1) is 14.3. The molecule has 0 radical (unpaired) electrons. The van der Waals surface area contributed by atoms with Crippen LogP contribution in [0.3, 0.4) is 0 Å². The fraction of sp³-hybridized carbons (Fsp3) is 0.688. The lowest BCUT2D eigenvalue weighted by Gasteiger charge is -2.37. The van der Waals surface area contributed by atoms with Gasteiger partial charge in [0.05, 0.1) is 5.69 Å². The van der Waals surface area contributed by atoms with Gasteiger partial charge in [-0.1, -0.05) is 19.9 Å². The van der Waals surface area contributed by atoms with Crippen LogP contribution in [0.5, 0.6) is 0 Å². The van der Waals surface area contributed by atoms with Gasteiger partial charge in [0.25, 0.3) is 0 Å². The van der Waals surface area contributed by atoms with Crippen molar-refractivity contribution in [3.8, 4) is 0 Å². The number of hydrogen-bond donors (Lipinski definition) is 1. The van der Waals surface area contributed by atoms with Gasteiger partial charge in [0, 0.05) is 19.1 Å². The lowest BCUT2D eigenvalue weighted by molar-refractivity contribution is 0.376. The summed E-state index contributed by atoms with van der Waals surface area (Å²) in [5, 5.41) is 3.42. The van der Waals surface area contributed by atoms with Gasteiger partial charge in [-0.2, -0.15) is 0 Å². The molecule has 106 valence electrons. The molecular formula is C16H27N3. The van der Waals surface area contributed by atoms with E-state index in [1.165, 1.54) is 19.3 Å². The number of hydrogen-bond acceptors (Lipinski definition) is 3. The summed E-state index contributed by atoms with van der Waals surface area (Å²) in [6, 6.07) is 7.00. The predicted octanol–water partition coefficient (Wildman–Crippen LogP) is 3.21. The van der Waals surface area contributed by atoms with Crippen molar-refractivity contribution in [1.82, 2.24) is 10.3 Å². The summed E-state index contributed by atoms with van der Waals surface area (Å²) in [7, 11) is 0. The molecule has 2 rings (SSSR count). The van der Waals surface area contributed by atoms with Crippen molar-refractivity contribution in [2.45, 2.75) is 52.6 Å². The lowest BCUT2D eigenvalue weighted by atomic mass is 9.93. The zero-order valence-corrected chi connectivity index (χ0v) is 12.5. The minimum absolute atomic E-state index is 0.607. The summed E-state index contributed by atoms with van der Waals surface area (Å²) < 4.78 is 0. The van der Waals surface area contributed by atoms with Crippen LogP contribution in [0.2, 0.25) is 0 Å². The molecule has 1 aromatic rings. The average Bonchev–Trinajstić information content (AvgIpc) is 2.39. The van der Waals surface area contributed by atoms with E-state index < -0.39 is 0 Å². The molecule has 1 aromatic heterocycles. The van der Waals surface area contributed by atoms with Crippen LogP contribution in [-0.2, 0) is 6.54 Å². The Morgan fingerprint density at radius 2 is 2.21 bits per heavy atom. The van der Waals surface area contributed by atoms with Gasteiger partial charge in [0.15, 0.2) is 0 Å². The quantitative estimate of drug-likeness (QED) is 0.825. The number of piperidine rings is 1. The van der Waals surface area contributed by atoms with Gasteiger partial charge in [-0.05, 0) is 50.8 Å². The number of anilines is 1. The zero-order valence-electron chi connectivity index (χ0n) is 12.5. The van der Waals surface area contributed by atoms with Crippen LogP contribution >= 0.6 is 0 Å². The van der Waals surface area contributed by atoms with Crippen molar-refractivity contribution in [2.75, 3.05) is 18.0 Å².